The minimum atomic E-state index is -0.483. The van der Waals surface area contributed by atoms with Crippen molar-refractivity contribution >= 4 is 17.3 Å². The predicted molar refractivity (Wildman–Crippen MR) is 112 cm³/mol. The smallest absolute Gasteiger partial charge is 0.246 e. The molecular weight excluding hydrogens is 368 g/mol. The van der Waals surface area contributed by atoms with Crippen molar-refractivity contribution in [2.45, 2.75) is 13.0 Å². The van der Waals surface area contributed by atoms with Crippen LogP contribution in [-0.4, -0.2) is 25.2 Å². The summed E-state index contributed by atoms with van der Waals surface area (Å²) in [6.45, 7) is 2.83. The summed E-state index contributed by atoms with van der Waals surface area (Å²) < 4.78 is 17.0. The Morgan fingerprint density at radius 2 is 1.66 bits per heavy atom. The first-order chi connectivity index (χ1) is 14.2. The van der Waals surface area contributed by atoms with E-state index >= 15 is 0 Å². The molecule has 6 heteroatoms. The van der Waals surface area contributed by atoms with Crippen LogP contribution in [0.3, 0.4) is 0 Å². The lowest BCUT2D eigenvalue weighted by atomic mass is 10.2. The maximum absolute atomic E-state index is 12.7. The molecule has 0 radical (unpaired) electrons. The summed E-state index contributed by atoms with van der Waals surface area (Å²) in [5.74, 6) is 2.53. The summed E-state index contributed by atoms with van der Waals surface area (Å²) in [7, 11) is 0. The Bertz CT molecular complexity index is 991. The van der Waals surface area contributed by atoms with Crippen molar-refractivity contribution in [3.05, 3.63) is 72.8 Å². The molecule has 1 aliphatic heterocycles. The van der Waals surface area contributed by atoms with Gasteiger partial charge in [0.25, 0.3) is 0 Å². The zero-order valence-corrected chi connectivity index (χ0v) is 16.1. The number of carbonyl (C=O) groups excluding carboxylic acids is 1. The third-order valence-electron chi connectivity index (χ3n) is 4.43. The van der Waals surface area contributed by atoms with Gasteiger partial charge in [-0.1, -0.05) is 30.3 Å². The van der Waals surface area contributed by atoms with Crippen molar-refractivity contribution in [3.63, 3.8) is 0 Å². The van der Waals surface area contributed by atoms with Gasteiger partial charge >= 0.3 is 0 Å². The number of fused-ring (bicyclic) bond motifs is 1. The van der Waals surface area contributed by atoms with Crippen molar-refractivity contribution in [2.24, 2.45) is 0 Å². The summed E-state index contributed by atoms with van der Waals surface area (Å²) in [6.07, 6.45) is 0. The van der Waals surface area contributed by atoms with Crippen molar-refractivity contribution in [2.75, 3.05) is 23.8 Å². The molecule has 0 unspecified atom stereocenters. The molecule has 0 aliphatic carbocycles. The Hall–Kier alpha value is -3.67. The van der Waals surface area contributed by atoms with E-state index in [9.17, 15) is 4.79 Å². The minimum Gasteiger partial charge on any atom is -0.486 e. The predicted octanol–water partition coefficient (Wildman–Crippen LogP) is 4.69. The third kappa shape index (κ3) is 4.60. The second-order valence-corrected chi connectivity index (χ2v) is 6.62. The molecule has 3 aromatic carbocycles. The summed E-state index contributed by atoms with van der Waals surface area (Å²) in [6, 6.07) is 21.9. The molecule has 0 bridgehead atoms. The summed E-state index contributed by atoms with van der Waals surface area (Å²) >= 11 is 0. The summed E-state index contributed by atoms with van der Waals surface area (Å²) in [4.78, 5) is 12.7. The van der Waals surface area contributed by atoms with Crippen LogP contribution in [-0.2, 0) is 4.79 Å². The molecular formula is C23H22N2O4. The molecule has 0 saturated carbocycles. The lowest BCUT2D eigenvalue weighted by Crippen LogP contribution is -2.32. The Morgan fingerprint density at radius 1 is 0.931 bits per heavy atom. The summed E-state index contributed by atoms with van der Waals surface area (Å²) in [5, 5.41) is 6.12. The average molecular weight is 390 g/mol. The molecule has 0 aromatic heterocycles. The van der Waals surface area contributed by atoms with Gasteiger partial charge in [-0.15, -0.1) is 0 Å². The fourth-order valence-electron chi connectivity index (χ4n) is 2.96. The monoisotopic (exact) mass is 390 g/mol. The maximum atomic E-state index is 12.7. The van der Waals surface area contributed by atoms with Gasteiger partial charge in [-0.2, -0.15) is 0 Å². The van der Waals surface area contributed by atoms with Crippen LogP contribution in [0.4, 0.5) is 11.4 Å². The van der Waals surface area contributed by atoms with Crippen LogP contribution in [0.15, 0.2) is 72.8 Å². The van der Waals surface area contributed by atoms with Crippen molar-refractivity contribution in [1.29, 1.82) is 0 Å². The SMILES string of the molecule is C[C@@H](Nc1ccccc1Oc1ccccc1)C(=O)Nc1ccc2c(c1)OCCO2. The Kier molecular flexibility index (Phi) is 5.52. The number of amides is 1. The van der Waals surface area contributed by atoms with E-state index in [2.05, 4.69) is 10.6 Å². The lowest BCUT2D eigenvalue weighted by Gasteiger charge is -2.20. The number of hydrogen-bond acceptors (Lipinski definition) is 5. The number of nitrogens with one attached hydrogen (secondary N) is 2. The largest absolute Gasteiger partial charge is 0.486 e. The van der Waals surface area contributed by atoms with E-state index in [0.29, 0.717) is 36.1 Å². The molecule has 1 heterocycles. The van der Waals surface area contributed by atoms with E-state index in [1.807, 2.05) is 54.6 Å². The van der Waals surface area contributed by atoms with Gasteiger partial charge < -0.3 is 24.8 Å². The van der Waals surface area contributed by atoms with E-state index in [1.165, 1.54) is 0 Å². The van der Waals surface area contributed by atoms with Crippen molar-refractivity contribution < 1.29 is 19.0 Å². The van der Waals surface area contributed by atoms with E-state index in [-0.39, 0.29) is 5.91 Å². The molecule has 2 N–H and O–H groups in total. The molecule has 1 atom stereocenters. The van der Waals surface area contributed by atoms with Gasteiger partial charge in [0, 0.05) is 11.8 Å². The standard InChI is InChI=1S/C23H22N2O4/c1-16(23(26)25-17-11-12-21-22(15-17)28-14-13-27-21)24-19-9-5-6-10-20(19)29-18-7-3-2-4-8-18/h2-12,15-16,24H,13-14H2,1H3,(H,25,26)/t16-/m1/s1. The van der Waals surface area contributed by atoms with E-state index in [4.69, 9.17) is 14.2 Å². The second kappa shape index (κ2) is 8.56. The molecule has 6 nitrogen and oxygen atoms in total. The van der Waals surface area contributed by atoms with Gasteiger partial charge in [0.15, 0.2) is 17.2 Å². The number of carbonyl (C=O) groups is 1. The number of anilines is 2. The van der Waals surface area contributed by atoms with Crippen molar-refractivity contribution in [1.82, 2.24) is 0 Å². The van der Waals surface area contributed by atoms with E-state index in [0.717, 1.165) is 11.4 Å². The topological polar surface area (TPSA) is 68.8 Å². The Balaban J connectivity index is 1.43. The number of benzene rings is 3. The fourth-order valence-corrected chi connectivity index (χ4v) is 2.96. The van der Waals surface area contributed by atoms with Crippen LogP contribution in [0, 0.1) is 0 Å². The number of hydrogen-bond donors (Lipinski definition) is 2. The van der Waals surface area contributed by atoms with Crippen LogP contribution in [0.2, 0.25) is 0 Å². The Morgan fingerprint density at radius 3 is 2.48 bits per heavy atom. The van der Waals surface area contributed by atoms with Gasteiger partial charge in [-0.05, 0) is 43.3 Å². The van der Waals surface area contributed by atoms with Crippen LogP contribution in [0.25, 0.3) is 0 Å². The first-order valence-corrected chi connectivity index (χ1v) is 9.48. The van der Waals surface area contributed by atoms with Crippen molar-refractivity contribution in [3.8, 4) is 23.0 Å². The van der Waals surface area contributed by atoms with Gasteiger partial charge in [0.1, 0.15) is 25.0 Å². The van der Waals surface area contributed by atoms with Gasteiger partial charge in [0.05, 0.1) is 5.69 Å². The average Bonchev–Trinajstić information content (AvgIpc) is 2.75. The summed E-state index contributed by atoms with van der Waals surface area (Å²) in [5.41, 5.74) is 1.39. The number of ether oxygens (including phenoxy) is 3. The highest BCUT2D eigenvalue weighted by Crippen LogP contribution is 2.33. The zero-order valence-electron chi connectivity index (χ0n) is 16.1. The van der Waals surface area contributed by atoms with Gasteiger partial charge in [-0.3, -0.25) is 4.79 Å². The van der Waals surface area contributed by atoms with Gasteiger partial charge in [-0.25, -0.2) is 0 Å². The highest BCUT2D eigenvalue weighted by Gasteiger charge is 2.17. The number of para-hydroxylation sites is 3. The quantitative estimate of drug-likeness (QED) is 0.639. The van der Waals surface area contributed by atoms with Crippen LogP contribution in [0.5, 0.6) is 23.0 Å². The normalized spacial score (nSPS) is 13.3. The Labute approximate surface area is 169 Å². The highest BCUT2D eigenvalue weighted by atomic mass is 16.6. The minimum absolute atomic E-state index is 0.170. The molecule has 29 heavy (non-hydrogen) atoms. The molecule has 3 aromatic rings. The third-order valence-corrected chi connectivity index (χ3v) is 4.43. The molecule has 1 aliphatic rings. The van der Waals surface area contributed by atoms with Gasteiger partial charge in [0.2, 0.25) is 5.91 Å². The van der Waals surface area contributed by atoms with E-state index < -0.39 is 6.04 Å². The molecule has 4 rings (SSSR count). The van der Waals surface area contributed by atoms with Crippen LogP contribution in [0.1, 0.15) is 6.92 Å². The fraction of sp³-hybridized carbons (Fsp3) is 0.174. The molecule has 0 saturated heterocycles. The highest BCUT2D eigenvalue weighted by molar-refractivity contribution is 5.96. The van der Waals surface area contributed by atoms with Crippen LogP contribution < -0.4 is 24.8 Å². The molecule has 0 fully saturated rings. The zero-order chi connectivity index (χ0) is 20.1. The number of rotatable bonds is 6. The first-order valence-electron chi connectivity index (χ1n) is 9.48. The molecule has 148 valence electrons. The van der Waals surface area contributed by atoms with Crippen LogP contribution >= 0.6 is 0 Å². The maximum Gasteiger partial charge on any atom is 0.246 e. The second-order valence-electron chi connectivity index (χ2n) is 6.62. The van der Waals surface area contributed by atoms with E-state index in [1.54, 1.807) is 25.1 Å². The first kappa shape index (κ1) is 18.7. The molecule has 0 spiro atoms. The lowest BCUT2D eigenvalue weighted by molar-refractivity contribution is -0.116. The molecule has 1 amide bonds.